The maximum atomic E-state index is 11.2. The maximum Gasteiger partial charge on any atom is 0.425 e. The van der Waals surface area contributed by atoms with Gasteiger partial charge in [0.1, 0.15) is 4.90 Å². The molecule has 2 aromatic rings. The standard InChI is InChI=1S/C11H10O6S2.O3S/c1-7-5-9-8(6-11(7)19(15,16)17)3-2-4-10(9)18(12,13)14;1-4(2)3/h2-6H,1H3,(H,12,13,14)(H,15,16,17);. The molecule has 0 saturated heterocycles. The van der Waals surface area contributed by atoms with E-state index in [1.54, 1.807) is 0 Å². The summed E-state index contributed by atoms with van der Waals surface area (Å²) < 4.78 is 88.3. The summed E-state index contributed by atoms with van der Waals surface area (Å²) in [7, 11) is -11.9. The zero-order valence-corrected chi connectivity index (χ0v) is 13.8. The van der Waals surface area contributed by atoms with Crippen molar-refractivity contribution in [1.29, 1.82) is 0 Å². The Hall–Kier alpha value is -1.86. The molecule has 0 amide bonds. The predicted molar refractivity (Wildman–Crippen MR) is 78.0 cm³/mol. The molecule has 0 radical (unpaired) electrons. The zero-order chi connectivity index (χ0) is 18.0. The van der Waals surface area contributed by atoms with E-state index in [0.29, 0.717) is 0 Å². The maximum absolute atomic E-state index is 11.2. The number of rotatable bonds is 2. The van der Waals surface area contributed by atoms with Crippen molar-refractivity contribution in [2.75, 3.05) is 0 Å². The van der Waals surface area contributed by atoms with Crippen LogP contribution in [0.4, 0.5) is 0 Å². The second kappa shape index (κ2) is 6.72. The fourth-order valence-corrected chi connectivity index (χ4v) is 3.33. The van der Waals surface area contributed by atoms with Crippen LogP contribution in [0.5, 0.6) is 0 Å². The lowest BCUT2D eigenvalue weighted by Crippen LogP contribution is -2.03. The molecule has 0 fully saturated rings. The van der Waals surface area contributed by atoms with E-state index in [1.807, 2.05) is 0 Å². The van der Waals surface area contributed by atoms with Gasteiger partial charge >= 0.3 is 10.6 Å². The van der Waals surface area contributed by atoms with Crippen LogP contribution in [0, 0.1) is 6.92 Å². The summed E-state index contributed by atoms with van der Waals surface area (Å²) in [5.41, 5.74) is 0.186. The third-order valence-electron chi connectivity index (χ3n) is 2.69. The van der Waals surface area contributed by atoms with Gasteiger partial charge in [-0.05, 0) is 36.1 Å². The van der Waals surface area contributed by atoms with E-state index in [4.69, 9.17) is 21.7 Å². The Morgan fingerprint density at radius 1 is 0.870 bits per heavy atom. The molecule has 0 bridgehead atoms. The first kappa shape index (κ1) is 19.2. The van der Waals surface area contributed by atoms with Gasteiger partial charge < -0.3 is 0 Å². The van der Waals surface area contributed by atoms with Crippen molar-refractivity contribution in [1.82, 2.24) is 0 Å². The molecule has 126 valence electrons. The van der Waals surface area contributed by atoms with E-state index < -0.39 is 30.8 Å². The highest BCUT2D eigenvalue weighted by atomic mass is 32.2. The molecule has 0 heterocycles. The Balaban J connectivity index is 0.000000593. The van der Waals surface area contributed by atoms with E-state index in [2.05, 4.69) is 0 Å². The third kappa shape index (κ3) is 5.07. The molecular weight excluding hydrogens is 372 g/mol. The van der Waals surface area contributed by atoms with Crippen LogP contribution in [-0.2, 0) is 30.8 Å². The lowest BCUT2D eigenvalue weighted by molar-refractivity contribution is 0.481. The second-order valence-electron chi connectivity index (χ2n) is 4.25. The lowest BCUT2D eigenvalue weighted by atomic mass is 10.1. The predicted octanol–water partition coefficient (Wildman–Crippen LogP) is 0.638. The van der Waals surface area contributed by atoms with E-state index in [0.717, 1.165) is 6.07 Å². The van der Waals surface area contributed by atoms with Gasteiger partial charge in [-0.3, -0.25) is 9.11 Å². The van der Waals surface area contributed by atoms with Gasteiger partial charge in [-0.15, -0.1) is 12.6 Å². The van der Waals surface area contributed by atoms with Gasteiger partial charge in [0, 0.05) is 5.39 Å². The van der Waals surface area contributed by atoms with Crippen LogP contribution < -0.4 is 0 Å². The number of hydrogen-bond donors (Lipinski definition) is 2. The van der Waals surface area contributed by atoms with E-state index in [-0.39, 0.29) is 26.1 Å². The summed E-state index contributed by atoms with van der Waals surface area (Å²) in [6.45, 7) is 1.42. The molecule has 0 spiro atoms. The molecule has 12 heteroatoms. The molecule has 2 aromatic carbocycles. The van der Waals surface area contributed by atoms with E-state index >= 15 is 0 Å². The summed E-state index contributed by atoms with van der Waals surface area (Å²) in [5.74, 6) is 0. The van der Waals surface area contributed by atoms with Crippen LogP contribution in [0.3, 0.4) is 0 Å². The Bertz CT molecular complexity index is 1060. The molecule has 0 atom stereocenters. The van der Waals surface area contributed by atoms with E-state index in [9.17, 15) is 16.8 Å². The van der Waals surface area contributed by atoms with Crippen molar-refractivity contribution in [2.45, 2.75) is 16.7 Å². The molecule has 0 saturated carbocycles. The van der Waals surface area contributed by atoms with Crippen LogP contribution in [0.2, 0.25) is 0 Å². The summed E-state index contributed by atoms with van der Waals surface area (Å²) in [6.07, 6.45) is 0. The number of hydrogen-bond acceptors (Lipinski definition) is 7. The highest BCUT2D eigenvalue weighted by molar-refractivity contribution is 7.86. The minimum absolute atomic E-state index is 0.186. The van der Waals surface area contributed by atoms with Gasteiger partial charge in [0.15, 0.2) is 0 Å². The summed E-state index contributed by atoms with van der Waals surface area (Å²) in [5, 5.41) is 0.475. The van der Waals surface area contributed by atoms with Gasteiger partial charge in [-0.1, -0.05) is 12.1 Å². The molecule has 0 aliphatic rings. The summed E-state index contributed by atoms with van der Waals surface area (Å²) in [4.78, 5) is -0.609. The smallest absolute Gasteiger partial charge is 0.282 e. The molecule has 0 aromatic heterocycles. The molecule has 23 heavy (non-hydrogen) atoms. The van der Waals surface area contributed by atoms with E-state index in [1.165, 1.54) is 31.2 Å². The number of aryl methyl sites for hydroxylation is 1. The molecule has 2 N–H and O–H groups in total. The monoisotopic (exact) mass is 382 g/mol. The molecule has 9 nitrogen and oxygen atoms in total. The second-order valence-corrected chi connectivity index (χ2v) is 7.44. The average molecular weight is 382 g/mol. The third-order valence-corrected chi connectivity index (χ3v) is 4.60. The Labute approximate surface area is 133 Å². The Morgan fingerprint density at radius 3 is 1.78 bits per heavy atom. The van der Waals surface area contributed by atoms with Gasteiger partial charge in [-0.25, -0.2) is 0 Å². The first-order chi connectivity index (χ1) is 10.3. The van der Waals surface area contributed by atoms with Crippen LogP contribution in [-0.4, -0.2) is 38.6 Å². The van der Waals surface area contributed by atoms with Crippen molar-refractivity contribution in [3.05, 3.63) is 35.9 Å². The molecule has 0 aliphatic heterocycles. The minimum atomic E-state index is -4.41. The lowest BCUT2D eigenvalue weighted by Gasteiger charge is -2.08. The van der Waals surface area contributed by atoms with Gasteiger partial charge in [0.2, 0.25) is 0 Å². The highest BCUT2D eigenvalue weighted by Crippen LogP contribution is 2.28. The first-order valence-electron chi connectivity index (χ1n) is 5.59. The average Bonchev–Trinajstić information content (AvgIpc) is 2.34. The summed E-state index contributed by atoms with van der Waals surface area (Å²) in [6, 6.07) is 6.52. The van der Waals surface area contributed by atoms with Crippen LogP contribution in [0.1, 0.15) is 5.56 Å². The van der Waals surface area contributed by atoms with Crippen LogP contribution in [0.25, 0.3) is 10.8 Å². The van der Waals surface area contributed by atoms with Crippen molar-refractivity contribution in [2.24, 2.45) is 0 Å². The zero-order valence-electron chi connectivity index (χ0n) is 11.4. The minimum Gasteiger partial charge on any atom is -0.282 e. The quantitative estimate of drug-likeness (QED) is 0.710. The van der Waals surface area contributed by atoms with Crippen molar-refractivity contribution >= 4 is 41.6 Å². The van der Waals surface area contributed by atoms with Gasteiger partial charge in [0.25, 0.3) is 20.2 Å². The van der Waals surface area contributed by atoms with Crippen molar-refractivity contribution < 1.29 is 38.6 Å². The first-order valence-corrected chi connectivity index (χ1v) is 9.47. The Kier molecular flexibility index (Phi) is 5.60. The fraction of sp³-hybridized carbons (Fsp3) is 0.0909. The molecular formula is C11H10O9S3. The largest absolute Gasteiger partial charge is 0.425 e. The van der Waals surface area contributed by atoms with Gasteiger partial charge in [-0.2, -0.15) is 16.8 Å². The van der Waals surface area contributed by atoms with Crippen molar-refractivity contribution in [3.63, 3.8) is 0 Å². The summed E-state index contributed by atoms with van der Waals surface area (Å²) >= 11 is 0. The fourth-order valence-electron chi connectivity index (χ4n) is 1.89. The topological polar surface area (TPSA) is 160 Å². The normalized spacial score (nSPS) is 11.6. The number of fused-ring (bicyclic) bond motifs is 1. The highest BCUT2D eigenvalue weighted by Gasteiger charge is 2.18. The van der Waals surface area contributed by atoms with Crippen LogP contribution in [0.15, 0.2) is 40.1 Å². The number of benzene rings is 2. The van der Waals surface area contributed by atoms with Crippen molar-refractivity contribution in [3.8, 4) is 0 Å². The molecule has 0 aliphatic carbocycles. The SMILES string of the molecule is Cc1cc2c(S(=O)(=O)O)cccc2cc1S(=O)(=O)O.O=S(=O)=O. The molecule has 0 unspecified atom stereocenters. The Morgan fingerprint density at radius 2 is 1.35 bits per heavy atom. The van der Waals surface area contributed by atoms with Crippen LogP contribution >= 0.6 is 0 Å². The molecule has 2 rings (SSSR count). The van der Waals surface area contributed by atoms with Gasteiger partial charge in [0.05, 0.1) is 4.90 Å².